The van der Waals surface area contributed by atoms with Crippen LogP contribution in [0.1, 0.15) is 13.3 Å². The van der Waals surface area contributed by atoms with Gasteiger partial charge in [-0.25, -0.2) is 0 Å². The van der Waals surface area contributed by atoms with Crippen molar-refractivity contribution in [3.05, 3.63) is 30.3 Å². The number of benzene rings is 1. The maximum atomic E-state index is 12.5. The summed E-state index contributed by atoms with van der Waals surface area (Å²) in [5.41, 5.74) is 0.665. The standard InChI is InChI=1S/C16H20F3N3O2/c1-12(14(23)20-13-6-3-2-4-7-13)21-8-5-9-22(11-10-21)15(24)16(17,18)19/h2-4,6-7,12H,5,8-11H2,1H3,(H,20,23)/t12-/m0/s1. The quantitative estimate of drug-likeness (QED) is 0.915. The number of carbonyl (C=O) groups excluding carboxylic acids is 2. The smallest absolute Gasteiger partial charge is 0.334 e. The van der Waals surface area contributed by atoms with Crippen molar-refractivity contribution in [2.24, 2.45) is 0 Å². The summed E-state index contributed by atoms with van der Waals surface area (Å²) in [5.74, 6) is -2.04. The molecule has 2 amide bonds. The van der Waals surface area contributed by atoms with E-state index in [0.717, 1.165) is 4.90 Å². The number of para-hydroxylation sites is 1. The van der Waals surface area contributed by atoms with E-state index in [2.05, 4.69) is 5.32 Å². The Balaban J connectivity index is 1.93. The molecule has 1 N–H and O–H groups in total. The summed E-state index contributed by atoms with van der Waals surface area (Å²) in [5, 5.41) is 2.78. The van der Waals surface area contributed by atoms with Gasteiger partial charge in [-0.05, 0) is 25.5 Å². The normalized spacial score (nSPS) is 17.9. The predicted molar refractivity (Wildman–Crippen MR) is 83.4 cm³/mol. The Morgan fingerprint density at radius 3 is 2.38 bits per heavy atom. The van der Waals surface area contributed by atoms with Gasteiger partial charge in [0, 0.05) is 31.9 Å². The molecule has 0 saturated carbocycles. The zero-order valence-corrected chi connectivity index (χ0v) is 13.3. The first-order chi connectivity index (χ1) is 11.3. The Bertz CT molecular complexity index is 578. The number of nitrogens with one attached hydrogen (secondary N) is 1. The minimum absolute atomic E-state index is 0.0404. The molecule has 0 radical (unpaired) electrons. The molecule has 1 aromatic rings. The minimum Gasteiger partial charge on any atom is -0.334 e. The summed E-state index contributed by atoms with van der Waals surface area (Å²) in [4.78, 5) is 26.2. The van der Waals surface area contributed by atoms with E-state index >= 15 is 0 Å². The number of rotatable bonds is 3. The summed E-state index contributed by atoms with van der Waals surface area (Å²) < 4.78 is 37.6. The molecule has 2 rings (SSSR count). The molecule has 8 heteroatoms. The van der Waals surface area contributed by atoms with Crippen molar-refractivity contribution >= 4 is 17.5 Å². The molecule has 1 atom stereocenters. The number of hydrogen-bond acceptors (Lipinski definition) is 3. The maximum absolute atomic E-state index is 12.5. The van der Waals surface area contributed by atoms with Crippen LogP contribution < -0.4 is 5.32 Å². The fourth-order valence-corrected chi connectivity index (χ4v) is 2.64. The molecule has 0 unspecified atom stereocenters. The van der Waals surface area contributed by atoms with Gasteiger partial charge >= 0.3 is 12.1 Å². The van der Waals surface area contributed by atoms with Crippen molar-refractivity contribution in [1.29, 1.82) is 0 Å². The number of anilines is 1. The van der Waals surface area contributed by atoms with Crippen molar-refractivity contribution in [1.82, 2.24) is 9.80 Å². The maximum Gasteiger partial charge on any atom is 0.471 e. The molecule has 24 heavy (non-hydrogen) atoms. The number of halogens is 3. The van der Waals surface area contributed by atoms with E-state index in [9.17, 15) is 22.8 Å². The van der Waals surface area contributed by atoms with Crippen molar-refractivity contribution in [2.75, 3.05) is 31.5 Å². The third kappa shape index (κ3) is 4.70. The highest BCUT2D eigenvalue weighted by molar-refractivity contribution is 5.94. The second-order valence-corrected chi connectivity index (χ2v) is 5.71. The molecule has 1 aliphatic heterocycles. The molecule has 0 aliphatic carbocycles. The lowest BCUT2D eigenvalue weighted by Gasteiger charge is -2.27. The van der Waals surface area contributed by atoms with Crippen LogP contribution in [0, 0.1) is 0 Å². The molecular weight excluding hydrogens is 323 g/mol. The highest BCUT2D eigenvalue weighted by Gasteiger charge is 2.42. The Morgan fingerprint density at radius 1 is 1.08 bits per heavy atom. The Hall–Kier alpha value is -2.09. The summed E-state index contributed by atoms with van der Waals surface area (Å²) in [6, 6.07) is 8.46. The van der Waals surface area contributed by atoms with Crippen LogP contribution >= 0.6 is 0 Å². The Morgan fingerprint density at radius 2 is 1.75 bits per heavy atom. The second-order valence-electron chi connectivity index (χ2n) is 5.71. The van der Waals surface area contributed by atoms with Gasteiger partial charge in [0.1, 0.15) is 0 Å². The van der Waals surface area contributed by atoms with Gasteiger partial charge in [0.25, 0.3) is 0 Å². The molecule has 0 bridgehead atoms. The average Bonchev–Trinajstić information content (AvgIpc) is 2.79. The first-order valence-electron chi connectivity index (χ1n) is 7.75. The van der Waals surface area contributed by atoms with Crippen molar-refractivity contribution in [3.63, 3.8) is 0 Å². The van der Waals surface area contributed by atoms with Gasteiger partial charge in [-0.15, -0.1) is 0 Å². The molecule has 1 saturated heterocycles. The van der Waals surface area contributed by atoms with Crippen molar-refractivity contribution < 1.29 is 22.8 Å². The highest BCUT2D eigenvalue weighted by atomic mass is 19.4. The molecule has 1 heterocycles. The number of carbonyl (C=O) groups is 2. The van der Waals surface area contributed by atoms with Crippen LogP contribution in [0.25, 0.3) is 0 Å². The SMILES string of the molecule is C[C@@H](C(=O)Nc1ccccc1)N1CCCN(C(=O)C(F)(F)F)CC1. The Kier molecular flexibility index (Phi) is 5.82. The van der Waals surface area contributed by atoms with Crippen LogP contribution in [0.4, 0.5) is 18.9 Å². The molecule has 1 fully saturated rings. The van der Waals surface area contributed by atoms with Gasteiger partial charge in [-0.1, -0.05) is 18.2 Å². The Labute approximate surface area is 138 Å². The van der Waals surface area contributed by atoms with Crippen LogP contribution in [0.3, 0.4) is 0 Å². The van der Waals surface area contributed by atoms with Gasteiger partial charge in [-0.2, -0.15) is 13.2 Å². The van der Waals surface area contributed by atoms with E-state index in [0.29, 0.717) is 18.7 Å². The lowest BCUT2D eigenvalue weighted by molar-refractivity contribution is -0.185. The molecule has 0 spiro atoms. The van der Waals surface area contributed by atoms with Crippen LogP contribution in [-0.4, -0.2) is 60.0 Å². The van der Waals surface area contributed by atoms with Crippen molar-refractivity contribution in [2.45, 2.75) is 25.6 Å². The fraction of sp³-hybridized carbons (Fsp3) is 0.500. The van der Waals surface area contributed by atoms with Gasteiger partial charge in [0.05, 0.1) is 6.04 Å². The van der Waals surface area contributed by atoms with E-state index in [1.54, 1.807) is 36.1 Å². The lowest BCUT2D eigenvalue weighted by atomic mass is 10.2. The van der Waals surface area contributed by atoms with Gasteiger partial charge in [0.15, 0.2) is 0 Å². The third-order valence-electron chi connectivity index (χ3n) is 4.03. The van der Waals surface area contributed by atoms with E-state index in [-0.39, 0.29) is 25.5 Å². The third-order valence-corrected chi connectivity index (χ3v) is 4.03. The minimum atomic E-state index is -4.86. The number of hydrogen-bond donors (Lipinski definition) is 1. The molecule has 132 valence electrons. The van der Waals surface area contributed by atoms with E-state index < -0.39 is 18.1 Å². The van der Waals surface area contributed by atoms with Crippen LogP contribution in [0.2, 0.25) is 0 Å². The molecule has 1 aromatic carbocycles. The first kappa shape index (κ1) is 18.3. The van der Waals surface area contributed by atoms with Gasteiger partial charge in [-0.3, -0.25) is 14.5 Å². The highest BCUT2D eigenvalue weighted by Crippen LogP contribution is 2.20. The number of amides is 2. The summed E-state index contributed by atoms with van der Waals surface area (Å²) in [6.07, 6.45) is -4.46. The monoisotopic (exact) mass is 343 g/mol. The molecule has 1 aliphatic rings. The van der Waals surface area contributed by atoms with Crippen LogP contribution in [0.5, 0.6) is 0 Å². The number of alkyl halides is 3. The van der Waals surface area contributed by atoms with E-state index in [1.807, 2.05) is 6.07 Å². The van der Waals surface area contributed by atoms with Gasteiger partial charge in [0.2, 0.25) is 5.91 Å². The predicted octanol–water partition coefficient (Wildman–Crippen LogP) is 2.11. The summed E-state index contributed by atoms with van der Waals surface area (Å²) >= 11 is 0. The van der Waals surface area contributed by atoms with Crippen molar-refractivity contribution in [3.8, 4) is 0 Å². The zero-order chi connectivity index (χ0) is 17.7. The van der Waals surface area contributed by atoms with Crippen LogP contribution in [0.15, 0.2) is 30.3 Å². The van der Waals surface area contributed by atoms with E-state index in [4.69, 9.17) is 0 Å². The fourth-order valence-electron chi connectivity index (χ4n) is 2.64. The first-order valence-corrected chi connectivity index (χ1v) is 7.75. The number of nitrogens with zero attached hydrogens (tertiary/aromatic N) is 2. The molecular formula is C16H20F3N3O2. The summed E-state index contributed by atoms with van der Waals surface area (Å²) in [6.45, 7) is 2.40. The zero-order valence-electron chi connectivity index (χ0n) is 13.3. The average molecular weight is 343 g/mol. The lowest BCUT2D eigenvalue weighted by Crippen LogP contribution is -2.46. The molecule has 5 nitrogen and oxygen atoms in total. The molecule has 0 aromatic heterocycles. The largest absolute Gasteiger partial charge is 0.471 e. The van der Waals surface area contributed by atoms with Gasteiger partial charge < -0.3 is 10.2 Å². The topological polar surface area (TPSA) is 52.7 Å². The van der Waals surface area contributed by atoms with Crippen LogP contribution in [-0.2, 0) is 9.59 Å². The second kappa shape index (κ2) is 7.65. The summed E-state index contributed by atoms with van der Waals surface area (Å²) in [7, 11) is 0. The van der Waals surface area contributed by atoms with E-state index in [1.165, 1.54) is 0 Å².